The maximum absolute atomic E-state index is 11.0. The smallest absolute Gasteiger partial charge is 0.266 e. The number of aromatic hydroxyl groups is 1. The number of carbonyl (C=O) groups is 1. The number of carbonyl (C=O) groups excluding carboxylic acids is 1. The van der Waals surface area contributed by atoms with Crippen molar-refractivity contribution in [1.29, 1.82) is 0 Å². The largest absolute Gasteiger partial charge is 0.507 e. The molecule has 0 saturated carbocycles. The van der Waals surface area contributed by atoms with E-state index in [2.05, 4.69) is 17.1 Å². The van der Waals surface area contributed by atoms with E-state index in [1.165, 1.54) is 6.21 Å². The van der Waals surface area contributed by atoms with Crippen LogP contribution in [0.1, 0.15) is 12.5 Å². The van der Waals surface area contributed by atoms with Crippen LogP contribution in [0.2, 0.25) is 0 Å². The second-order valence-electron chi connectivity index (χ2n) is 3.04. The zero-order valence-corrected chi connectivity index (χ0v) is 8.40. The maximum Gasteiger partial charge on any atom is 0.266 e. The summed E-state index contributed by atoms with van der Waals surface area (Å²) in [4.78, 5) is 11.0. The van der Waals surface area contributed by atoms with Crippen LogP contribution in [-0.4, -0.2) is 17.2 Å². The minimum atomic E-state index is -0.346. The zero-order valence-electron chi connectivity index (χ0n) is 8.40. The third-order valence-corrected chi connectivity index (χ3v) is 1.69. The molecule has 4 heteroatoms. The Bertz CT molecular complexity index is 411. The van der Waals surface area contributed by atoms with E-state index in [1.807, 2.05) is 0 Å². The highest BCUT2D eigenvalue weighted by atomic mass is 16.3. The van der Waals surface area contributed by atoms with Gasteiger partial charge in [-0.2, -0.15) is 5.10 Å². The van der Waals surface area contributed by atoms with Gasteiger partial charge in [-0.3, -0.25) is 4.79 Å². The standard InChI is InChI=1S/C11H12N2O2/c1-8(2)11(15)13-12-7-9-5-3-4-6-10(9)14/h3-7,14H,1H2,2H3,(H,13,15). The molecule has 0 fully saturated rings. The molecule has 0 saturated heterocycles. The minimum absolute atomic E-state index is 0.117. The molecular weight excluding hydrogens is 192 g/mol. The molecule has 4 nitrogen and oxygen atoms in total. The van der Waals surface area contributed by atoms with Crippen LogP contribution in [0, 0.1) is 0 Å². The van der Waals surface area contributed by atoms with E-state index >= 15 is 0 Å². The Morgan fingerprint density at radius 2 is 2.20 bits per heavy atom. The van der Waals surface area contributed by atoms with Gasteiger partial charge in [-0.25, -0.2) is 5.43 Å². The molecular formula is C11H12N2O2. The van der Waals surface area contributed by atoms with Gasteiger partial charge in [-0.05, 0) is 19.1 Å². The molecule has 0 aliphatic carbocycles. The molecule has 0 aliphatic heterocycles. The van der Waals surface area contributed by atoms with E-state index in [-0.39, 0.29) is 11.7 Å². The summed E-state index contributed by atoms with van der Waals surface area (Å²) in [7, 11) is 0. The highest BCUT2D eigenvalue weighted by molar-refractivity contribution is 5.93. The van der Waals surface area contributed by atoms with Crippen LogP contribution in [0.25, 0.3) is 0 Å². The summed E-state index contributed by atoms with van der Waals surface area (Å²) in [5.74, 6) is -0.229. The van der Waals surface area contributed by atoms with Gasteiger partial charge in [0.15, 0.2) is 0 Å². The van der Waals surface area contributed by atoms with Crippen molar-refractivity contribution in [1.82, 2.24) is 5.43 Å². The van der Waals surface area contributed by atoms with Crippen LogP contribution in [0.15, 0.2) is 41.5 Å². The summed E-state index contributed by atoms with van der Waals surface area (Å²) in [5, 5.41) is 13.0. The van der Waals surface area contributed by atoms with Crippen molar-refractivity contribution in [2.45, 2.75) is 6.92 Å². The Balaban J connectivity index is 2.63. The van der Waals surface area contributed by atoms with Gasteiger partial charge in [-0.1, -0.05) is 18.7 Å². The van der Waals surface area contributed by atoms with E-state index in [4.69, 9.17) is 0 Å². The zero-order chi connectivity index (χ0) is 11.3. The number of phenolic OH excluding ortho intramolecular Hbond substituents is 1. The molecule has 15 heavy (non-hydrogen) atoms. The van der Waals surface area contributed by atoms with E-state index < -0.39 is 0 Å². The highest BCUT2D eigenvalue weighted by Crippen LogP contribution is 2.12. The Labute approximate surface area is 87.9 Å². The number of nitrogens with zero attached hydrogens (tertiary/aromatic N) is 1. The monoisotopic (exact) mass is 204 g/mol. The minimum Gasteiger partial charge on any atom is -0.507 e. The summed E-state index contributed by atoms with van der Waals surface area (Å²) >= 11 is 0. The molecule has 0 spiro atoms. The molecule has 0 heterocycles. The van der Waals surface area contributed by atoms with Crippen molar-refractivity contribution in [3.63, 3.8) is 0 Å². The molecule has 0 atom stereocenters. The summed E-state index contributed by atoms with van der Waals surface area (Å²) < 4.78 is 0. The van der Waals surface area contributed by atoms with E-state index in [9.17, 15) is 9.90 Å². The first-order chi connectivity index (χ1) is 7.11. The first kappa shape index (κ1) is 11.0. The normalized spacial score (nSPS) is 10.2. The third-order valence-electron chi connectivity index (χ3n) is 1.69. The van der Waals surface area contributed by atoms with Crippen LogP contribution in [-0.2, 0) is 4.79 Å². The first-order valence-corrected chi connectivity index (χ1v) is 4.38. The fraction of sp³-hybridized carbons (Fsp3) is 0.0909. The first-order valence-electron chi connectivity index (χ1n) is 4.38. The lowest BCUT2D eigenvalue weighted by Gasteiger charge is -1.98. The van der Waals surface area contributed by atoms with Gasteiger partial charge in [0.25, 0.3) is 5.91 Å². The van der Waals surface area contributed by atoms with E-state index in [0.29, 0.717) is 11.1 Å². The van der Waals surface area contributed by atoms with Gasteiger partial charge in [0.1, 0.15) is 5.75 Å². The molecule has 1 aromatic rings. The third kappa shape index (κ3) is 3.27. The Morgan fingerprint density at radius 1 is 1.53 bits per heavy atom. The number of hydrogen-bond acceptors (Lipinski definition) is 3. The van der Waals surface area contributed by atoms with Gasteiger partial charge in [-0.15, -0.1) is 0 Å². The molecule has 1 rings (SSSR count). The second kappa shape index (κ2) is 4.95. The number of rotatable bonds is 3. The fourth-order valence-electron chi connectivity index (χ4n) is 0.853. The van der Waals surface area contributed by atoms with E-state index in [1.54, 1.807) is 31.2 Å². The Hall–Kier alpha value is -2.10. The molecule has 0 unspecified atom stereocenters. The number of benzene rings is 1. The number of phenols is 1. The predicted molar refractivity (Wildman–Crippen MR) is 58.7 cm³/mol. The molecule has 0 radical (unpaired) electrons. The van der Waals surface area contributed by atoms with Gasteiger partial charge >= 0.3 is 0 Å². The van der Waals surface area contributed by atoms with Crippen LogP contribution in [0.3, 0.4) is 0 Å². The summed E-state index contributed by atoms with van der Waals surface area (Å²) in [6.45, 7) is 5.05. The van der Waals surface area contributed by atoms with Crippen molar-refractivity contribution in [2.24, 2.45) is 5.10 Å². The lowest BCUT2D eigenvalue weighted by atomic mass is 10.2. The SMILES string of the molecule is C=C(C)C(=O)NN=Cc1ccccc1O. The van der Waals surface area contributed by atoms with Crippen molar-refractivity contribution >= 4 is 12.1 Å². The summed E-state index contributed by atoms with van der Waals surface area (Å²) in [6, 6.07) is 6.70. The van der Waals surface area contributed by atoms with Gasteiger partial charge in [0.05, 0.1) is 6.21 Å². The number of hydrazone groups is 1. The van der Waals surface area contributed by atoms with Crippen LogP contribution >= 0.6 is 0 Å². The van der Waals surface area contributed by atoms with Crippen molar-refractivity contribution in [3.8, 4) is 5.75 Å². The summed E-state index contributed by atoms with van der Waals surface area (Å²) in [5.41, 5.74) is 3.20. The molecule has 1 aromatic carbocycles. The molecule has 1 amide bonds. The topological polar surface area (TPSA) is 61.7 Å². The van der Waals surface area contributed by atoms with Crippen LogP contribution in [0.5, 0.6) is 5.75 Å². The van der Waals surface area contributed by atoms with E-state index in [0.717, 1.165) is 0 Å². The quantitative estimate of drug-likeness (QED) is 0.444. The van der Waals surface area contributed by atoms with Crippen molar-refractivity contribution in [2.75, 3.05) is 0 Å². The average Bonchev–Trinajstić information content (AvgIpc) is 2.20. The Morgan fingerprint density at radius 3 is 2.80 bits per heavy atom. The average molecular weight is 204 g/mol. The second-order valence-corrected chi connectivity index (χ2v) is 3.04. The van der Waals surface area contributed by atoms with Crippen molar-refractivity contribution in [3.05, 3.63) is 42.0 Å². The molecule has 2 N–H and O–H groups in total. The van der Waals surface area contributed by atoms with Crippen LogP contribution in [0.4, 0.5) is 0 Å². The van der Waals surface area contributed by atoms with Gasteiger partial charge < -0.3 is 5.11 Å². The highest BCUT2D eigenvalue weighted by Gasteiger charge is 1.98. The maximum atomic E-state index is 11.0. The van der Waals surface area contributed by atoms with Gasteiger partial charge in [0, 0.05) is 11.1 Å². The molecule has 0 aromatic heterocycles. The fourth-order valence-corrected chi connectivity index (χ4v) is 0.853. The number of amides is 1. The van der Waals surface area contributed by atoms with Crippen molar-refractivity contribution < 1.29 is 9.90 Å². The number of nitrogens with one attached hydrogen (secondary N) is 1. The number of para-hydroxylation sites is 1. The van der Waals surface area contributed by atoms with Crippen LogP contribution < -0.4 is 5.43 Å². The molecule has 0 aliphatic rings. The molecule has 0 bridgehead atoms. The lowest BCUT2D eigenvalue weighted by molar-refractivity contribution is -0.117. The summed E-state index contributed by atoms with van der Waals surface area (Å²) in [6.07, 6.45) is 1.37. The molecule has 78 valence electrons. The lowest BCUT2D eigenvalue weighted by Crippen LogP contribution is -2.17. The Kier molecular flexibility index (Phi) is 3.62. The number of hydrogen-bond donors (Lipinski definition) is 2. The van der Waals surface area contributed by atoms with Gasteiger partial charge in [0.2, 0.25) is 0 Å². The predicted octanol–water partition coefficient (Wildman–Crippen LogP) is 1.42.